The van der Waals surface area contributed by atoms with Gasteiger partial charge in [0, 0.05) is 21.9 Å². The second-order valence-corrected chi connectivity index (χ2v) is 7.97. The van der Waals surface area contributed by atoms with E-state index in [-0.39, 0.29) is 0 Å². The van der Waals surface area contributed by atoms with Gasteiger partial charge < -0.3 is 0 Å². The number of thiophene rings is 1. The fraction of sp³-hybridized carbons (Fsp3) is 0.167. The van der Waals surface area contributed by atoms with Crippen LogP contribution < -0.4 is 0 Å². The van der Waals surface area contributed by atoms with Crippen molar-refractivity contribution in [2.24, 2.45) is 0 Å². The minimum absolute atomic E-state index is 0.783. The van der Waals surface area contributed by atoms with Crippen molar-refractivity contribution in [3.05, 3.63) is 58.5 Å². The van der Waals surface area contributed by atoms with E-state index in [0.29, 0.717) is 0 Å². The number of pyridine rings is 1. The first-order valence-electron chi connectivity index (χ1n) is 7.51. The minimum atomic E-state index is 0.783. The third-order valence-corrected chi connectivity index (χ3v) is 6.46. The van der Waals surface area contributed by atoms with Crippen molar-refractivity contribution in [2.45, 2.75) is 24.6 Å². The molecule has 120 valence electrons. The van der Waals surface area contributed by atoms with Crippen LogP contribution in [0.4, 0.5) is 0 Å². The van der Waals surface area contributed by atoms with Crippen molar-refractivity contribution < 1.29 is 0 Å². The minimum Gasteiger partial charge on any atom is -0.242 e. The van der Waals surface area contributed by atoms with E-state index in [1.807, 2.05) is 31.2 Å². The fourth-order valence-electron chi connectivity index (χ4n) is 2.75. The largest absolute Gasteiger partial charge is 0.242 e. The van der Waals surface area contributed by atoms with Crippen LogP contribution in [0.1, 0.15) is 16.8 Å². The highest BCUT2D eigenvalue weighted by atomic mass is 35.5. The normalized spacial score (nSPS) is 11.5. The van der Waals surface area contributed by atoms with Crippen molar-refractivity contribution in [1.29, 1.82) is 0 Å². The van der Waals surface area contributed by atoms with E-state index in [9.17, 15) is 0 Å². The number of halogens is 1. The molecule has 0 bridgehead atoms. The molecule has 0 atom stereocenters. The van der Waals surface area contributed by atoms with E-state index in [4.69, 9.17) is 11.6 Å². The van der Waals surface area contributed by atoms with E-state index in [0.717, 1.165) is 47.5 Å². The Bertz CT molecular complexity index is 1060. The molecule has 3 heterocycles. The SMILES string of the molecule is Cc1cc(C)c2c(n1)sc1c(SCc3ccccc3Cl)ncnc12. The van der Waals surface area contributed by atoms with Crippen LogP contribution in [0.15, 0.2) is 41.7 Å². The molecule has 0 saturated carbocycles. The highest BCUT2D eigenvalue weighted by Gasteiger charge is 2.15. The van der Waals surface area contributed by atoms with Crippen LogP contribution in [0.3, 0.4) is 0 Å². The van der Waals surface area contributed by atoms with E-state index >= 15 is 0 Å². The smallest absolute Gasteiger partial charge is 0.126 e. The highest BCUT2D eigenvalue weighted by Crippen LogP contribution is 2.39. The van der Waals surface area contributed by atoms with Crippen molar-refractivity contribution in [3.8, 4) is 0 Å². The van der Waals surface area contributed by atoms with Crippen LogP contribution in [0, 0.1) is 13.8 Å². The van der Waals surface area contributed by atoms with Gasteiger partial charge in [-0.1, -0.05) is 29.8 Å². The molecule has 0 fully saturated rings. The van der Waals surface area contributed by atoms with Gasteiger partial charge in [-0.25, -0.2) is 15.0 Å². The molecule has 3 aromatic heterocycles. The number of rotatable bonds is 3. The molecular formula is C18H14ClN3S2. The molecule has 0 amide bonds. The van der Waals surface area contributed by atoms with E-state index < -0.39 is 0 Å². The lowest BCUT2D eigenvalue weighted by molar-refractivity contribution is 1.11. The zero-order valence-corrected chi connectivity index (χ0v) is 15.6. The number of benzene rings is 1. The summed E-state index contributed by atoms with van der Waals surface area (Å²) >= 11 is 9.61. The summed E-state index contributed by atoms with van der Waals surface area (Å²) in [5.74, 6) is 0.783. The summed E-state index contributed by atoms with van der Waals surface area (Å²) in [5.41, 5.74) is 4.35. The van der Waals surface area contributed by atoms with Gasteiger partial charge in [-0.05, 0) is 37.1 Å². The molecule has 3 nitrogen and oxygen atoms in total. The molecule has 0 aliphatic heterocycles. The van der Waals surface area contributed by atoms with Gasteiger partial charge in [-0.15, -0.1) is 23.1 Å². The molecule has 0 unspecified atom stereocenters. The molecule has 0 aliphatic rings. The first-order valence-corrected chi connectivity index (χ1v) is 9.69. The molecule has 1 aromatic carbocycles. The van der Waals surface area contributed by atoms with Crippen molar-refractivity contribution >= 4 is 55.1 Å². The van der Waals surface area contributed by atoms with Crippen LogP contribution in [-0.4, -0.2) is 15.0 Å². The predicted octanol–water partition coefficient (Wildman–Crippen LogP) is 5.80. The summed E-state index contributed by atoms with van der Waals surface area (Å²) in [5, 5.41) is 2.92. The van der Waals surface area contributed by atoms with Gasteiger partial charge in [0.05, 0.1) is 10.2 Å². The summed E-state index contributed by atoms with van der Waals surface area (Å²) in [7, 11) is 0. The highest BCUT2D eigenvalue weighted by molar-refractivity contribution is 7.98. The van der Waals surface area contributed by atoms with Crippen molar-refractivity contribution in [3.63, 3.8) is 0 Å². The quantitative estimate of drug-likeness (QED) is 0.337. The second-order valence-electron chi connectivity index (χ2n) is 5.60. The first-order chi connectivity index (χ1) is 11.6. The fourth-order valence-corrected chi connectivity index (χ4v) is 5.36. The lowest BCUT2D eigenvalue weighted by Crippen LogP contribution is -1.87. The maximum absolute atomic E-state index is 6.26. The number of fused-ring (bicyclic) bond motifs is 3. The number of aryl methyl sites for hydroxylation is 2. The Hall–Kier alpha value is -1.69. The van der Waals surface area contributed by atoms with Crippen molar-refractivity contribution in [1.82, 2.24) is 15.0 Å². The Morgan fingerprint density at radius 3 is 2.83 bits per heavy atom. The maximum atomic E-state index is 6.26. The number of hydrogen-bond donors (Lipinski definition) is 0. The number of nitrogens with zero attached hydrogens (tertiary/aromatic N) is 3. The predicted molar refractivity (Wildman–Crippen MR) is 103 cm³/mol. The Labute approximate surface area is 153 Å². The van der Waals surface area contributed by atoms with Gasteiger partial charge in [-0.3, -0.25) is 0 Å². The third kappa shape index (κ3) is 2.77. The average molecular weight is 372 g/mol. The number of aromatic nitrogens is 3. The second kappa shape index (κ2) is 6.31. The Balaban J connectivity index is 1.79. The van der Waals surface area contributed by atoms with E-state index in [1.165, 1.54) is 5.56 Å². The summed E-state index contributed by atoms with van der Waals surface area (Å²) < 4.78 is 1.10. The molecule has 24 heavy (non-hydrogen) atoms. The van der Waals surface area contributed by atoms with E-state index in [1.54, 1.807) is 29.4 Å². The van der Waals surface area contributed by atoms with Gasteiger partial charge in [0.2, 0.25) is 0 Å². The Morgan fingerprint density at radius 1 is 1.17 bits per heavy atom. The average Bonchev–Trinajstić information content (AvgIpc) is 2.93. The van der Waals surface area contributed by atoms with Crippen LogP contribution in [0.2, 0.25) is 5.02 Å². The summed E-state index contributed by atoms with van der Waals surface area (Å²) in [4.78, 5) is 14.7. The molecule has 4 rings (SSSR count). The standard InChI is InChI=1S/C18H14ClN3S2/c1-10-7-11(2)22-17-14(10)15-16(24-17)18(21-9-20-15)23-8-12-5-3-4-6-13(12)19/h3-7,9H,8H2,1-2H3. The lowest BCUT2D eigenvalue weighted by Gasteiger charge is -2.04. The van der Waals surface area contributed by atoms with E-state index in [2.05, 4.69) is 27.9 Å². The van der Waals surface area contributed by atoms with Gasteiger partial charge in [0.25, 0.3) is 0 Å². The number of thioether (sulfide) groups is 1. The zero-order chi connectivity index (χ0) is 16.7. The Kier molecular flexibility index (Phi) is 4.16. The molecule has 0 spiro atoms. The molecule has 0 saturated heterocycles. The first kappa shape index (κ1) is 15.8. The summed E-state index contributed by atoms with van der Waals surface area (Å²) in [6.07, 6.45) is 1.64. The topological polar surface area (TPSA) is 38.7 Å². The van der Waals surface area contributed by atoms with Crippen LogP contribution >= 0.6 is 34.7 Å². The third-order valence-electron chi connectivity index (χ3n) is 3.84. The van der Waals surface area contributed by atoms with Gasteiger partial charge >= 0.3 is 0 Å². The summed E-state index contributed by atoms with van der Waals surface area (Å²) in [6.45, 7) is 4.14. The zero-order valence-electron chi connectivity index (χ0n) is 13.2. The molecule has 4 aromatic rings. The molecule has 0 radical (unpaired) electrons. The molecular weight excluding hydrogens is 358 g/mol. The lowest BCUT2D eigenvalue weighted by atomic mass is 10.1. The van der Waals surface area contributed by atoms with Crippen molar-refractivity contribution in [2.75, 3.05) is 0 Å². The molecule has 0 N–H and O–H groups in total. The molecule has 6 heteroatoms. The van der Waals surface area contributed by atoms with Gasteiger partial charge in [0.15, 0.2) is 0 Å². The monoisotopic (exact) mass is 371 g/mol. The maximum Gasteiger partial charge on any atom is 0.126 e. The Morgan fingerprint density at radius 2 is 2.00 bits per heavy atom. The van der Waals surface area contributed by atoms with Crippen LogP contribution in [-0.2, 0) is 5.75 Å². The summed E-state index contributed by atoms with van der Waals surface area (Å²) in [6, 6.07) is 10.0. The number of hydrogen-bond acceptors (Lipinski definition) is 5. The molecule has 0 aliphatic carbocycles. The van der Waals surface area contributed by atoms with Crippen LogP contribution in [0.25, 0.3) is 20.4 Å². The van der Waals surface area contributed by atoms with Gasteiger partial charge in [-0.2, -0.15) is 0 Å². The van der Waals surface area contributed by atoms with Crippen LogP contribution in [0.5, 0.6) is 0 Å². The van der Waals surface area contributed by atoms with Gasteiger partial charge in [0.1, 0.15) is 16.2 Å².